The third kappa shape index (κ3) is 5.97. The van der Waals surface area contributed by atoms with E-state index in [1.165, 1.54) is 23.1 Å². The van der Waals surface area contributed by atoms with E-state index >= 15 is 0 Å². The van der Waals surface area contributed by atoms with Gasteiger partial charge in [-0.15, -0.1) is 0 Å². The first-order valence-corrected chi connectivity index (χ1v) is 16.3. The van der Waals surface area contributed by atoms with Crippen molar-refractivity contribution in [2.45, 2.75) is 54.8 Å². The largest absolute Gasteiger partial charge is 0.505 e. The first-order chi connectivity index (χ1) is 21.2. The molecule has 1 amide bonds. The molecule has 3 aromatic carbocycles. The lowest BCUT2D eigenvalue weighted by atomic mass is 9.90. The molecule has 45 heavy (non-hydrogen) atoms. The number of phenolic OH excluding ortho intramolecular Hbond substituents is 1. The number of likely N-dealkylation sites (tertiary alicyclic amines) is 1. The Morgan fingerprint density at radius 2 is 1.47 bits per heavy atom. The Bertz CT molecular complexity index is 1720. The summed E-state index contributed by atoms with van der Waals surface area (Å²) in [7, 11) is -4.39. The van der Waals surface area contributed by atoms with Gasteiger partial charge < -0.3 is 14.9 Å². The number of hydrogen-bond donors (Lipinski definition) is 1. The van der Waals surface area contributed by atoms with Gasteiger partial charge in [0.15, 0.2) is 5.75 Å². The van der Waals surface area contributed by atoms with E-state index < -0.39 is 56.2 Å². The molecule has 6 rings (SSSR count). The second-order valence-corrected chi connectivity index (χ2v) is 14.0. The number of fused-ring (bicyclic) bond motifs is 2. The summed E-state index contributed by atoms with van der Waals surface area (Å²) in [5, 5.41) is 10.8. The summed E-state index contributed by atoms with van der Waals surface area (Å²) in [5.41, 5.74) is -0.779. The minimum absolute atomic E-state index is 0.0300. The highest BCUT2D eigenvalue weighted by Gasteiger charge is 2.46. The van der Waals surface area contributed by atoms with Crippen molar-refractivity contribution in [3.8, 4) is 5.75 Å². The van der Waals surface area contributed by atoms with Gasteiger partial charge in [-0.1, -0.05) is 23.7 Å². The van der Waals surface area contributed by atoms with Crippen LogP contribution in [0, 0.1) is 11.6 Å². The molecule has 0 aromatic heterocycles. The van der Waals surface area contributed by atoms with E-state index in [0.717, 1.165) is 28.1 Å². The molecule has 3 aliphatic heterocycles. The van der Waals surface area contributed by atoms with Gasteiger partial charge in [0.1, 0.15) is 17.2 Å². The summed E-state index contributed by atoms with van der Waals surface area (Å²) >= 11 is 6.09. The van der Waals surface area contributed by atoms with E-state index in [-0.39, 0.29) is 54.2 Å². The number of piperazine rings is 1. The molecular weight excluding hydrogens is 641 g/mol. The zero-order valence-corrected chi connectivity index (χ0v) is 25.3. The SMILES string of the molecule is O=C(c1ccc(F)cc1Cl)N1CC2CCC(C1)N2c1cc(S(=O)(=O)N2CCC(c3ccc(F)cc3)CC2)cc(C(F)(F)F)c1O. The van der Waals surface area contributed by atoms with Crippen molar-refractivity contribution in [2.24, 2.45) is 0 Å². The molecule has 2 bridgehead atoms. The van der Waals surface area contributed by atoms with Crippen molar-refractivity contribution in [2.75, 3.05) is 31.1 Å². The number of halogens is 6. The maximum Gasteiger partial charge on any atom is 0.420 e. The predicted octanol–water partition coefficient (Wildman–Crippen LogP) is 6.40. The molecule has 7 nitrogen and oxygen atoms in total. The normalized spacial score (nSPS) is 21.4. The fourth-order valence-electron chi connectivity index (χ4n) is 6.76. The molecule has 3 aromatic rings. The van der Waals surface area contributed by atoms with Crippen LogP contribution in [0.1, 0.15) is 53.1 Å². The lowest BCUT2D eigenvalue weighted by Crippen LogP contribution is -2.55. The van der Waals surface area contributed by atoms with Crippen LogP contribution < -0.4 is 4.90 Å². The number of carbonyl (C=O) groups is 1. The maximum atomic E-state index is 14.2. The van der Waals surface area contributed by atoms with E-state index in [9.17, 15) is 40.3 Å². The zero-order chi connectivity index (χ0) is 32.3. The predicted molar refractivity (Wildman–Crippen MR) is 157 cm³/mol. The highest BCUT2D eigenvalue weighted by atomic mass is 35.5. The quantitative estimate of drug-likeness (QED) is 0.318. The topological polar surface area (TPSA) is 81.2 Å². The van der Waals surface area contributed by atoms with E-state index in [1.807, 2.05) is 0 Å². The molecule has 240 valence electrons. The highest BCUT2D eigenvalue weighted by molar-refractivity contribution is 7.89. The number of benzene rings is 3. The molecule has 2 atom stereocenters. The van der Waals surface area contributed by atoms with Crippen molar-refractivity contribution < 1.29 is 40.3 Å². The van der Waals surface area contributed by atoms with Gasteiger partial charge in [-0.05, 0) is 79.6 Å². The van der Waals surface area contributed by atoms with Crippen LogP contribution in [0.15, 0.2) is 59.5 Å². The number of alkyl halides is 3. The first-order valence-electron chi connectivity index (χ1n) is 14.5. The van der Waals surface area contributed by atoms with Gasteiger partial charge in [0.25, 0.3) is 5.91 Å². The fourth-order valence-corrected chi connectivity index (χ4v) is 8.53. The number of sulfonamides is 1. The van der Waals surface area contributed by atoms with Crippen molar-refractivity contribution >= 4 is 33.2 Å². The Morgan fingerprint density at radius 1 is 0.867 bits per heavy atom. The molecule has 1 N–H and O–H groups in total. The number of nitrogens with zero attached hydrogens (tertiary/aromatic N) is 3. The number of phenols is 1. The second kappa shape index (κ2) is 11.7. The van der Waals surface area contributed by atoms with Gasteiger partial charge >= 0.3 is 6.18 Å². The molecule has 3 fully saturated rings. The summed E-state index contributed by atoms with van der Waals surface area (Å²) in [6.45, 7) is 0.273. The molecule has 0 spiro atoms. The number of hydrogen-bond acceptors (Lipinski definition) is 5. The molecule has 14 heteroatoms. The number of carbonyl (C=O) groups excluding carboxylic acids is 1. The molecule has 2 unspecified atom stereocenters. The summed E-state index contributed by atoms with van der Waals surface area (Å²) in [5.74, 6) is -2.56. The molecule has 0 aliphatic carbocycles. The number of anilines is 1. The van der Waals surface area contributed by atoms with E-state index in [0.29, 0.717) is 31.7 Å². The fraction of sp³-hybridized carbons (Fsp3) is 0.387. The third-order valence-electron chi connectivity index (χ3n) is 9.01. The average molecular weight is 670 g/mol. The van der Waals surface area contributed by atoms with Crippen molar-refractivity contribution in [1.29, 1.82) is 0 Å². The van der Waals surface area contributed by atoms with Crippen LogP contribution >= 0.6 is 11.6 Å². The average Bonchev–Trinajstić information content (AvgIpc) is 3.24. The summed E-state index contributed by atoms with van der Waals surface area (Å²) in [6.07, 6.45) is -3.27. The molecule has 3 heterocycles. The maximum absolute atomic E-state index is 14.2. The lowest BCUT2D eigenvalue weighted by molar-refractivity contribution is -0.138. The van der Waals surface area contributed by atoms with E-state index in [1.54, 1.807) is 17.0 Å². The Hall–Kier alpha value is -3.42. The van der Waals surface area contributed by atoms with Gasteiger partial charge in [0.2, 0.25) is 10.0 Å². The number of rotatable bonds is 5. The van der Waals surface area contributed by atoms with E-state index in [2.05, 4.69) is 0 Å². The summed E-state index contributed by atoms with van der Waals surface area (Å²) in [4.78, 5) is 15.7. The van der Waals surface area contributed by atoms with E-state index in [4.69, 9.17) is 11.6 Å². The van der Waals surface area contributed by atoms with Gasteiger partial charge in [-0.25, -0.2) is 17.2 Å². The Kier molecular flexibility index (Phi) is 8.23. The van der Waals surface area contributed by atoms with Crippen LogP contribution in [-0.4, -0.2) is 66.9 Å². The first kappa shape index (κ1) is 31.6. The van der Waals surface area contributed by atoms with Crippen LogP contribution in [0.2, 0.25) is 5.02 Å². The third-order valence-corrected chi connectivity index (χ3v) is 11.2. The Balaban J connectivity index is 1.28. The van der Waals surface area contributed by atoms with Gasteiger partial charge in [0, 0.05) is 38.3 Å². The lowest BCUT2D eigenvalue weighted by Gasteiger charge is -2.43. The highest BCUT2D eigenvalue weighted by Crippen LogP contribution is 2.47. The Morgan fingerprint density at radius 3 is 2.04 bits per heavy atom. The summed E-state index contributed by atoms with van der Waals surface area (Å²) < 4.78 is 98.1. The van der Waals surface area contributed by atoms with Crippen LogP contribution in [0.5, 0.6) is 5.75 Å². The molecule has 3 saturated heterocycles. The zero-order valence-electron chi connectivity index (χ0n) is 23.8. The van der Waals surface area contributed by atoms with Crippen molar-refractivity contribution in [1.82, 2.24) is 9.21 Å². The Labute approximate surface area is 261 Å². The van der Waals surface area contributed by atoms with Gasteiger partial charge in [-0.3, -0.25) is 4.79 Å². The monoisotopic (exact) mass is 669 g/mol. The minimum atomic E-state index is -5.05. The van der Waals surface area contributed by atoms with Gasteiger partial charge in [-0.2, -0.15) is 17.5 Å². The molecule has 3 aliphatic rings. The van der Waals surface area contributed by atoms with Crippen LogP contribution in [0.4, 0.5) is 27.6 Å². The van der Waals surface area contributed by atoms with Crippen LogP contribution in [-0.2, 0) is 16.2 Å². The second-order valence-electron chi connectivity index (χ2n) is 11.7. The standard InChI is InChI=1S/C31H29ClF5N3O4S/c32-27-13-21(34)5-8-25(27)30(42)38-16-22-6-7-23(17-38)40(22)28-15-24(14-26(29(28)41)31(35,36)37)45(43,44)39-11-9-19(10-12-39)18-1-3-20(33)4-2-18/h1-5,8,13-15,19,22-23,41H,6-7,9-12,16-17H2. The van der Waals surface area contributed by atoms with Crippen LogP contribution in [0.25, 0.3) is 0 Å². The number of piperidine rings is 1. The number of aromatic hydroxyl groups is 1. The molecule has 0 radical (unpaired) electrons. The molecule has 0 saturated carbocycles. The van der Waals surface area contributed by atoms with Crippen molar-refractivity contribution in [3.63, 3.8) is 0 Å². The van der Waals surface area contributed by atoms with Crippen LogP contribution in [0.3, 0.4) is 0 Å². The summed E-state index contributed by atoms with van der Waals surface area (Å²) in [6, 6.07) is 9.88. The molecular formula is C31H29ClF5N3O4S. The van der Waals surface area contributed by atoms with Gasteiger partial charge in [0.05, 0.1) is 21.2 Å². The van der Waals surface area contributed by atoms with Crippen molar-refractivity contribution in [3.05, 3.63) is 87.9 Å². The smallest absolute Gasteiger partial charge is 0.420 e. The minimum Gasteiger partial charge on any atom is -0.505 e. The number of amides is 1.